The fourth-order valence-corrected chi connectivity index (χ4v) is 2.00. The number of methoxy groups -OCH3 is 1. The van der Waals surface area contributed by atoms with Gasteiger partial charge in [-0.25, -0.2) is 9.37 Å². The molecule has 2 aromatic rings. The van der Waals surface area contributed by atoms with E-state index in [9.17, 15) is 14.3 Å². The highest BCUT2D eigenvalue weighted by Crippen LogP contribution is 2.22. The van der Waals surface area contributed by atoms with Crippen molar-refractivity contribution in [1.29, 1.82) is 0 Å². The first-order valence-electron chi connectivity index (χ1n) is 5.29. The van der Waals surface area contributed by atoms with Crippen LogP contribution in [0.4, 0.5) is 4.39 Å². The SMILES string of the molecule is COCc1nc(-c2cc(O)cc(F)c2)[nH]c(=O)c1I. The Morgan fingerprint density at radius 1 is 1.47 bits per heavy atom. The Morgan fingerprint density at radius 2 is 2.21 bits per heavy atom. The van der Waals surface area contributed by atoms with Crippen molar-refractivity contribution in [3.05, 3.63) is 43.6 Å². The molecule has 2 rings (SSSR count). The Morgan fingerprint density at radius 3 is 2.84 bits per heavy atom. The first-order chi connectivity index (χ1) is 9.01. The number of halogens is 2. The van der Waals surface area contributed by atoms with Gasteiger partial charge >= 0.3 is 0 Å². The molecule has 1 heterocycles. The number of nitrogens with zero attached hydrogens (tertiary/aromatic N) is 1. The molecule has 0 aliphatic rings. The van der Waals surface area contributed by atoms with Crippen molar-refractivity contribution in [1.82, 2.24) is 9.97 Å². The van der Waals surface area contributed by atoms with E-state index in [2.05, 4.69) is 9.97 Å². The third kappa shape index (κ3) is 3.10. The molecule has 0 aliphatic carbocycles. The number of benzene rings is 1. The Kier molecular flexibility index (Phi) is 4.15. The molecule has 0 amide bonds. The summed E-state index contributed by atoms with van der Waals surface area (Å²) in [5.41, 5.74) is 0.426. The summed E-state index contributed by atoms with van der Waals surface area (Å²) in [6.07, 6.45) is 0. The second-order valence-electron chi connectivity index (χ2n) is 3.81. The molecule has 0 aliphatic heterocycles. The monoisotopic (exact) mass is 376 g/mol. The topological polar surface area (TPSA) is 75.2 Å². The number of hydrogen-bond acceptors (Lipinski definition) is 4. The van der Waals surface area contributed by atoms with Crippen LogP contribution in [-0.4, -0.2) is 22.2 Å². The van der Waals surface area contributed by atoms with E-state index in [4.69, 9.17) is 4.74 Å². The zero-order chi connectivity index (χ0) is 14.0. The molecule has 100 valence electrons. The van der Waals surface area contributed by atoms with Gasteiger partial charge < -0.3 is 14.8 Å². The average molecular weight is 376 g/mol. The minimum Gasteiger partial charge on any atom is -0.508 e. The summed E-state index contributed by atoms with van der Waals surface area (Å²) in [7, 11) is 1.49. The molecule has 0 spiro atoms. The smallest absolute Gasteiger partial charge is 0.264 e. The summed E-state index contributed by atoms with van der Waals surface area (Å²) >= 11 is 1.87. The number of aromatic amines is 1. The summed E-state index contributed by atoms with van der Waals surface area (Å²) in [5, 5.41) is 9.37. The predicted molar refractivity (Wildman–Crippen MR) is 75.3 cm³/mol. The van der Waals surface area contributed by atoms with Crippen molar-refractivity contribution in [3.8, 4) is 17.1 Å². The highest BCUT2D eigenvalue weighted by Gasteiger charge is 2.11. The van der Waals surface area contributed by atoms with Crippen LogP contribution in [0.1, 0.15) is 5.69 Å². The highest BCUT2D eigenvalue weighted by molar-refractivity contribution is 14.1. The van der Waals surface area contributed by atoms with Crippen LogP contribution in [-0.2, 0) is 11.3 Å². The van der Waals surface area contributed by atoms with Crippen molar-refractivity contribution >= 4 is 22.6 Å². The van der Waals surface area contributed by atoms with Gasteiger partial charge in [0.25, 0.3) is 5.56 Å². The zero-order valence-electron chi connectivity index (χ0n) is 9.91. The lowest BCUT2D eigenvalue weighted by Crippen LogP contribution is -2.16. The van der Waals surface area contributed by atoms with Gasteiger partial charge in [-0.1, -0.05) is 0 Å². The van der Waals surface area contributed by atoms with Gasteiger partial charge in [-0.3, -0.25) is 4.79 Å². The Bertz CT molecular complexity index is 652. The second-order valence-corrected chi connectivity index (χ2v) is 4.89. The van der Waals surface area contributed by atoms with Gasteiger partial charge in [-0.15, -0.1) is 0 Å². The summed E-state index contributed by atoms with van der Waals surface area (Å²) in [6.45, 7) is 0.177. The summed E-state index contributed by atoms with van der Waals surface area (Å²) in [4.78, 5) is 18.5. The molecule has 1 aromatic heterocycles. The van der Waals surface area contributed by atoms with Crippen LogP contribution < -0.4 is 5.56 Å². The van der Waals surface area contributed by atoms with Crippen LogP contribution in [0.2, 0.25) is 0 Å². The maximum atomic E-state index is 13.2. The third-order valence-corrected chi connectivity index (χ3v) is 3.48. The number of aromatic nitrogens is 2. The molecule has 0 saturated heterocycles. The highest BCUT2D eigenvalue weighted by atomic mass is 127. The summed E-state index contributed by atoms with van der Waals surface area (Å²) < 4.78 is 18.6. The van der Waals surface area contributed by atoms with Crippen LogP contribution in [0, 0.1) is 9.39 Å². The lowest BCUT2D eigenvalue weighted by Gasteiger charge is -2.06. The molecule has 2 N–H and O–H groups in total. The lowest BCUT2D eigenvalue weighted by molar-refractivity contribution is 0.180. The molecule has 0 unspecified atom stereocenters. The van der Waals surface area contributed by atoms with Crippen molar-refractivity contribution < 1.29 is 14.2 Å². The van der Waals surface area contributed by atoms with E-state index in [1.165, 1.54) is 19.2 Å². The second kappa shape index (κ2) is 5.66. The maximum Gasteiger partial charge on any atom is 0.264 e. The van der Waals surface area contributed by atoms with Gasteiger partial charge in [0.15, 0.2) is 0 Å². The summed E-state index contributed by atoms with van der Waals surface area (Å²) in [6, 6.07) is 3.48. The van der Waals surface area contributed by atoms with Gasteiger partial charge in [-0.2, -0.15) is 0 Å². The Labute approximate surface area is 121 Å². The largest absolute Gasteiger partial charge is 0.508 e. The Hall–Kier alpha value is -1.48. The van der Waals surface area contributed by atoms with Crippen molar-refractivity contribution in [2.24, 2.45) is 0 Å². The van der Waals surface area contributed by atoms with Crippen LogP contribution in [0.5, 0.6) is 5.75 Å². The molecule has 5 nitrogen and oxygen atoms in total. The molecular weight excluding hydrogens is 366 g/mol. The lowest BCUT2D eigenvalue weighted by atomic mass is 10.2. The number of H-pyrrole nitrogens is 1. The fraction of sp³-hybridized carbons (Fsp3) is 0.167. The number of phenols is 1. The normalized spacial score (nSPS) is 10.7. The number of hydrogen-bond donors (Lipinski definition) is 2. The van der Waals surface area contributed by atoms with Gasteiger partial charge in [0, 0.05) is 18.7 Å². The molecule has 7 heteroatoms. The number of nitrogens with one attached hydrogen (secondary N) is 1. The molecule has 0 atom stereocenters. The molecule has 19 heavy (non-hydrogen) atoms. The van der Waals surface area contributed by atoms with Crippen LogP contribution in [0.15, 0.2) is 23.0 Å². The van der Waals surface area contributed by atoms with Gasteiger partial charge in [-0.05, 0) is 34.7 Å². The van der Waals surface area contributed by atoms with E-state index >= 15 is 0 Å². The molecule has 1 aromatic carbocycles. The number of phenolic OH excluding ortho intramolecular Hbond substituents is 1. The van der Waals surface area contributed by atoms with Crippen LogP contribution in [0.25, 0.3) is 11.4 Å². The quantitative estimate of drug-likeness (QED) is 0.805. The fourth-order valence-electron chi connectivity index (χ4n) is 1.59. The van der Waals surface area contributed by atoms with E-state index < -0.39 is 5.82 Å². The maximum absolute atomic E-state index is 13.2. The number of aromatic hydroxyl groups is 1. The third-order valence-electron chi connectivity index (χ3n) is 2.37. The van der Waals surface area contributed by atoms with Gasteiger partial charge in [0.05, 0.1) is 12.3 Å². The average Bonchev–Trinajstić information content (AvgIpc) is 2.33. The van der Waals surface area contributed by atoms with Crippen molar-refractivity contribution in [2.45, 2.75) is 6.61 Å². The minimum absolute atomic E-state index is 0.177. The number of rotatable bonds is 3. The van der Waals surface area contributed by atoms with Gasteiger partial charge in [0.2, 0.25) is 0 Å². The molecule has 0 saturated carbocycles. The van der Waals surface area contributed by atoms with E-state index in [1.807, 2.05) is 22.6 Å². The molecular formula is C12H10FIN2O3. The van der Waals surface area contributed by atoms with E-state index in [1.54, 1.807) is 0 Å². The molecule has 0 fully saturated rings. The van der Waals surface area contributed by atoms with Crippen molar-refractivity contribution in [3.63, 3.8) is 0 Å². The predicted octanol–water partition coefficient (Wildman–Crippen LogP) is 2.03. The number of ether oxygens (including phenoxy) is 1. The molecule has 0 bridgehead atoms. The molecule has 0 radical (unpaired) electrons. The van der Waals surface area contributed by atoms with Crippen molar-refractivity contribution in [2.75, 3.05) is 7.11 Å². The van der Waals surface area contributed by atoms with Crippen LogP contribution >= 0.6 is 22.6 Å². The Balaban J connectivity index is 2.59. The summed E-state index contributed by atoms with van der Waals surface area (Å²) in [5.74, 6) is -0.652. The minimum atomic E-state index is -0.607. The van der Waals surface area contributed by atoms with Gasteiger partial charge in [0.1, 0.15) is 21.0 Å². The van der Waals surface area contributed by atoms with E-state index in [-0.39, 0.29) is 23.7 Å². The standard InChI is InChI=1S/C12H10FIN2O3/c1-19-5-9-10(14)12(18)16-11(15-9)6-2-7(13)4-8(17)3-6/h2-4,17H,5H2,1H3,(H,15,16,18). The first-order valence-corrected chi connectivity index (χ1v) is 6.36. The van der Waals surface area contributed by atoms with E-state index in [0.717, 1.165) is 6.07 Å². The first kappa shape index (κ1) is 13.9. The van der Waals surface area contributed by atoms with E-state index in [0.29, 0.717) is 14.8 Å². The van der Waals surface area contributed by atoms with Crippen LogP contribution in [0.3, 0.4) is 0 Å². The zero-order valence-corrected chi connectivity index (χ0v) is 12.1.